The van der Waals surface area contributed by atoms with Gasteiger partial charge in [-0.2, -0.15) is 5.26 Å². The number of nitroso groups, excluding NO2 is 1. The van der Waals surface area contributed by atoms with Crippen LogP contribution in [0.2, 0.25) is 0 Å². The second-order valence-corrected chi connectivity index (χ2v) is 11.2. The van der Waals surface area contributed by atoms with E-state index in [1.54, 1.807) is 11.9 Å². The third-order valence-electron chi connectivity index (χ3n) is 6.87. The average Bonchev–Trinajstić information content (AvgIpc) is 3.49. The smallest absolute Gasteiger partial charge is 0.279 e. The quantitative estimate of drug-likeness (QED) is 0.212. The second kappa shape index (κ2) is 9.47. The molecular weight excluding hydrogens is 498 g/mol. The Kier molecular flexibility index (Phi) is 5.99. The van der Waals surface area contributed by atoms with Gasteiger partial charge in [-0.3, -0.25) is 8.77 Å². The highest BCUT2D eigenvalue weighted by molar-refractivity contribution is 7.98. The average molecular weight is 520 g/mol. The first-order valence-corrected chi connectivity index (χ1v) is 13.6. The van der Waals surface area contributed by atoms with Crippen molar-refractivity contribution in [2.45, 2.75) is 24.2 Å². The van der Waals surface area contributed by atoms with E-state index in [0.29, 0.717) is 11.3 Å². The van der Waals surface area contributed by atoms with Crippen LogP contribution in [0.3, 0.4) is 0 Å². The van der Waals surface area contributed by atoms with E-state index in [-0.39, 0.29) is 11.8 Å². The number of amides is 1. The third kappa shape index (κ3) is 4.18. The van der Waals surface area contributed by atoms with Crippen LogP contribution in [-0.4, -0.2) is 9.88 Å². The Morgan fingerprint density at radius 1 is 1.08 bits per heavy atom. The van der Waals surface area contributed by atoms with E-state index in [1.165, 1.54) is 16.9 Å². The molecule has 0 N–H and O–H groups in total. The number of carbonyl (C=O) groups excluding carboxylic acids is 1. The molecule has 37 heavy (non-hydrogen) atoms. The fraction of sp³-hybridized carbons (Fsp3) is 0.133. The molecule has 5 aromatic rings. The highest BCUT2D eigenvalue weighted by Crippen LogP contribution is 2.50. The zero-order valence-corrected chi connectivity index (χ0v) is 21.6. The number of benzene rings is 3. The summed E-state index contributed by atoms with van der Waals surface area (Å²) in [4.78, 5) is 24.4. The SMILES string of the molecule is Cc1ccc(Sn2c(-c3cccc(C4CC4C(=O)N=O)c3)c(-c3ccsc3C#N)c3ccccc32)cc1. The van der Waals surface area contributed by atoms with Crippen LogP contribution in [-0.2, 0) is 4.79 Å². The van der Waals surface area contributed by atoms with Gasteiger partial charge in [0.25, 0.3) is 5.91 Å². The normalized spacial score (nSPS) is 16.4. The Labute approximate surface area is 222 Å². The van der Waals surface area contributed by atoms with E-state index < -0.39 is 5.91 Å². The van der Waals surface area contributed by atoms with E-state index in [2.05, 4.69) is 70.7 Å². The molecule has 3 aromatic carbocycles. The van der Waals surface area contributed by atoms with Crippen LogP contribution in [0.15, 0.2) is 94.3 Å². The van der Waals surface area contributed by atoms with Crippen LogP contribution in [0, 0.1) is 29.1 Å². The number of hydrogen-bond donors (Lipinski definition) is 0. The topological polar surface area (TPSA) is 75.2 Å². The summed E-state index contributed by atoms with van der Waals surface area (Å²) < 4.78 is 2.25. The molecule has 1 saturated carbocycles. The minimum atomic E-state index is -0.572. The van der Waals surface area contributed by atoms with Gasteiger partial charge in [0.05, 0.1) is 17.1 Å². The van der Waals surface area contributed by atoms with Crippen LogP contribution in [0.4, 0.5) is 0 Å². The Bertz CT molecular complexity index is 1710. The van der Waals surface area contributed by atoms with E-state index in [4.69, 9.17) is 0 Å². The van der Waals surface area contributed by atoms with Gasteiger partial charge in [-0.15, -0.1) is 16.2 Å². The Balaban J connectivity index is 1.59. The van der Waals surface area contributed by atoms with Crippen molar-refractivity contribution in [3.05, 3.63) is 105 Å². The zero-order valence-electron chi connectivity index (χ0n) is 19.9. The maximum absolute atomic E-state index is 11.9. The summed E-state index contributed by atoms with van der Waals surface area (Å²) in [5.41, 5.74) is 7.21. The number of carbonyl (C=O) groups is 1. The van der Waals surface area contributed by atoms with Crippen molar-refractivity contribution in [3.63, 3.8) is 0 Å². The molecule has 2 unspecified atom stereocenters. The summed E-state index contributed by atoms with van der Waals surface area (Å²) in [6.45, 7) is 2.07. The van der Waals surface area contributed by atoms with Gasteiger partial charge in [0.2, 0.25) is 0 Å². The summed E-state index contributed by atoms with van der Waals surface area (Å²) >= 11 is 3.09. The lowest BCUT2D eigenvalue weighted by atomic mass is 9.97. The standard InChI is InChI=1S/C30H21N3O2S2/c1-18-9-11-21(12-10-18)37-33-26-8-3-2-7-22(26)28(23-13-14-36-27(23)17-31)29(33)20-6-4-5-19(15-20)24-16-25(24)30(34)32-35/h2-15,24-25H,16H2,1H3. The molecule has 2 aromatic heterocycles. The molecule has 1 aliphatic carbocycles. The molecule has 7 heteroatoms. The number of para-hydroxylation sites is 1. The summed E-state index contributed by atoms with van der Waals surface area (Å²) in [6, 6.07) is 29.3. The van der Waals surface area contributed by atoms with E-state index in [1.807, 2.05) is 35.7 Å². The van der Waals surface area contributed by atoms with Gasteiger partial charge in [-0.05, 0) is 72.5 Å². The minimum absolute atomic E-state index is 0.00648. The lowest BCUT2D eigenvalue weighted by molar-refractivity contribution is -0.119. The van der Waals surface area contributed by atoms with E-state index in [9.17, 15) is 15.0 Å². The number of rotatable bonds is 6. The van der Waals surface area contributed by atoms with Gasteiger partial charge in [-0.1, -0.05) is 54.1 Å². The molecule has 2 atom stereocenters. The van der Waals surface area contributed by atoms with Gasteiger partial charge in [0.1, 0.15) is 10.9 Å². The van der Waals surface area contributed by atoms with Crippen LogP contribution in [0.5, 0.6) is 0 Å². The van der Waals surface area contributed by atoms with E-state index in [0.717, 1.165) is 43.7 Å². The molecule has 1 aliphatic rings. The van der Waals surface area contributed by atoms with Crippen molar-refractivity contribution in [3.8, 4) is 28.5 Å². The van der Waals surface area contributed by atoms with Crippen molar-refractivity contribution >= 4 is 40.1 Å². The minimum Gasteiger partial charge on any atom is -0.279 e. The van der Waals surface area contributed by atoms with Crippen molar-refractivity contribution < 1.29 is 4.79 Å². The molecule has 180 valence electrons. The van der Waals surface area contributed by atoms with Gasteiger partial charge in [-0.25, -0.2) is 0 Å². The Morgan fingerprint density at radius 3 is 2.68 bits per heavy atom. The molecule has 5 nitrogen and oxygen atoms in total. The monoisotopic (exact) mass is 519 g/mol. The number of aryl methyl sites for hydroxylation is 1. The second-order valence-electron chi connectivity index (χ2n) is 9.22. The number of nitrogens with zero attached hydrogens (tertiary/aromatic N) is 3. The highest BCUT2D eigenvalue weighted by atomic mass is 32.2. The van der Waals surface area contributed by atoms with Crippen LogP contribution < -0.4 is 0 Å². The third-order valence-corrected chi connectivity index (χ3v) is 8.74. The fourth-order valence-corrected chi connectivity index (χ4v) is 6.66. The number of hydrogen-bond acceptors (Lipinski definition) is 5. The summed E-state index contributed by atoms with van der Waals surface area (Å²) in [5, 5.41) is 15.6. The summed E-state index contributed by atoms with van der Waals surface area (Å²) in [7, 11) is 0. The first-order chi connectivity index (χ1) is 18.1. The van der Waals surface area contributed by atoms with Crippen molar-refractivity contribution in [2.24, 2.45) is 11.1 Å². The Morgan fingerprint density at radius 2 is 1.89 bits per heavy atom. The first kappa shape index (κ1) is 23.4. The van der Waals surface area contributed by atoms with Crippen molar-refractivity contribution in [1.29, 1.82) is 5.26 Å². The predicted molar refractivity (Wildman–Crippen MR) is 149 cm³/mol. The molecule has 2 heterocycles. The summed E-state index contributed by atoms with van der Waals surface area (Å²) in [5.74, 6) is -0.897. The predicted octanol–water partition coefficient (Wildman–Crippen LogP) is 8.17. The van der Waals surface area contributed by atoms with Gasteiger partial charge in [0.15, 0.2) is 0 Å². The molecular formula is C30H21N3O2S2. The lowest BCUT2D eigenvalue weighted by Crippen LogP contribution is -1.97. The molecule has 6 rings (SSSR count). The van der Waals surface area contributed by atoms with Crippen LogP contribution in [0.1, 0.15) is 28.3 Å². The number of aromatic nitrogens is 1. The zero-order chi connectivity index (χ0) is 25.5. The van der Waals surface area contributed by atoms with Gasteiger partial charge >= 0.3 is 0 Å². The highest BCUT2D eigenvalue weighted by Gasteiger charge is 2.44. The van der Waals surface area contributed by atoms with Crippen molar-refractivity contribution in [1.82, 2.24) is 3.97 Å². The maximum atomic E-state index is 11.9. The number of nitriles is 1. The molecule has 1 fully saturated rings. The molecule has 0 saturated heterocycles. The number of fused-ring (bicyclic) bond motifs is 1. The molecule has 1 amide bonds. The first-order valence-electron chi connectivity index (χ1n) is 11.9. The largest absolute Gasteiger partial charge is 0.290 e. The van der Waals surface area contributed by atoms with Gasteiger partial charge in [0, 0.05) is 32.1 Å². The number of thiophene rings is 1. The van der Waals surface area contributed by atoms with Crippen LogP contribution >= 0.6 is 23.3 Å². The fourth-order valence-electron chi connectivity index (χ4n) is 4.96. The molecule has 0 bridgehead atoms. The Hall–Kier alpha value is -3.99. The summed E-state index contributed by atoms with van der Waals surface area (Å²) in [6.07, 6.45) is 0.644. The van der Waals surface area contributed by atoms with Crippen molar-refractivity contribution in [2.75, 3.05) is 0 Å². The molecule has 0 radical (unpaired) electrons. The van der Waals surface area contributed by atoms with E-state index >= 15 is 0 Å². The maximum Gasteiger partial charge on any atom is 0.290 e. The lowest BCUT2D eigenvalue weighted by Gasteiger charge is -2.13. The molecule has 0 aliphatic heterocycles. The molecule has 0 spiro atoms. The van der Waals surface area contributed by atoms with Crippen LogP contribution in [0.25, 0.3) is 33.3 Å². The van der Waals surface area contributed by atoms with Gasteiger partial charge < -0.3 is 0 Å².